The lowest BCUT2D eigenvalue weighted by Gasteiger charge is -2.32. The molecule has 1 fully saturated rings. The fourth-order valence-corrected chi connectivity index (χ4v) is 2.24. The number of carbonyl (C=O) groups excluding carboxylic acids is 1. The third-order valence-electron chi connectivity index (χ3n) is 3.44. The van der Waals surface area contributed by atoms with Gasteiger partial charge in [0, 0.05) is 33.2 Å². The molecule has 0 spiro atoms. The summed E-state index contributed by atoms with van der Waals surface area (Å²) in [5, 5.41) is 11.3. The van der Waals surface area contributed by atoms with Crippen LogP contribution in [-0.4, -0.2) is 61.3 Å². The number of likely N-dealkylation sites (N-methyl/N-ethyl adjacent to an activating group) is 1. The molecule has 6 heteroatoms. The van der Waals surface area contributed by atoms with Gasteiger partial charge in [-0.2, -0.15) is 0 Å². The molecule has 2 rings (SSSR count). The van der Waals surface area contributed by atoms with Gasteiger partial charge in [0.25, 0.3) is 5.91 Å². The number of amides is 1. The van der Waals surface area contributed by atoms with E-state index in [4.69, 9.17) is 0 Å². The zero-order chi connectivity index (χ0) is 13.8. The molecule has 104 valence electrons. The zero-order valence-electron chi connectivity index (χ0n) is 11.8. The van der Waals surface area contributed by atoms with Crippen LogP contribution in [0.25, 0.3) is 0 Å². The topological polar surface area (TPSA) is 61.4 Å². The maximum atomic E-state index is 12.3. The summed E-state index contributed by atoms with van der Waals surface area (Å²) in [5.74, 6) is 0.723. The zero-order valence-corrected chi connectivity index (χ0v) is 11.8. The molecule has 19 heavy (non-hydrogen) atoms. The van der Waals surface area contributed by atoms with Gasteiger partial charge in [0.05, 0.1) is 0 Å². The van der Waals surface area contributed by atoms with Crippen molar-refractivity contribution in [2.75, 3.05) is 39.1 Å². The van der Waals surface area contributed by atoms with E-state index < -0.39 is 0 Å². The lowest BCUT2D eigenvalue weighted by molar-refractivity contribution is 0.0691. The largest absolute Gasteiger partial charge is 0.361 e. The van der Waals surface area contributed by atoms with Crippen molar-refractivity contribution < 1.29 is 4.79 Å². The van der Waals surface area contributed by atoms with Crippen LogP contribution < -0.4 is 10.2 Å². The second-order valence-electron chi connectivity index (χ2n) is 5.05. The van der Waals surface area contributed by atoms with Gasteiger partial charge in [-0.25, -0.2) is 0 Å². The molecule has 0 aromatic carbocycles. The number of nitrogens with one attached hydrogen (secondary N) is 1. The first kappa shape index (κ1) is 13.7. The number of anilines is 1. The predicted octanol–water partition coefficient (Wildman–Crippen LogP) is 0.367. The van der Waals surface area contributed by atoms with E-state index in [9.17, 15) is 4.79 Å². The molecule has 0 aliphatic carbocycles. The monoisotopic (exact) mass is 263 g/mol. The van der Waals surface area contributed by atoms with Crippen molar-refractivity contribution in [1.29, 1.82) is 0 Å². The third kappa shape index (κ3) is 3.20. The Morgan fingerprint density at radius 2 is 2.21 bits per heavy atom. The summed E-state index contributed by atoms with van der Waals surface area (Å²) in [5.41, 5.74) is 0.419. The molecular formula is C13H21N5O. The number of piperidine rings is 1. The van der Waals surface area contributed by atoms with E-state index >= 15 is 0 Å². The molecule has 1 saturated heterocycles. The number of nitrogens with zero attached hydrogens (tertiary/aromatic N) is 4. The molecule has 0 bridgehead atoms. The highest BCUT2D eigenvalue weighted by atomic mass is 16.2. The van der Waals surface area contributed by atoms with E-state index in [1.54, 1.807) is 6.07 Å². The Morgan fingerprint density at radius 1 is 1.42 bits per heavy atom. The minimum absolute atomic E-state index is 0.0299. The highest BCUT2D eigenvalue weighted by Gasteiger charge is 2.24. The summed E-state index contributed by atoms with van der Waals surface area (Å²) in [4.78, 5) is 16.0. The first-order valence-electron chi connectivity index (χ1n) is 6.59. The summed E-state index contributed by atoms with van der Waals surface area (Å²) in [7, 11) is 5.73. The van der Waals surface area contributed by atoms with Gasteiger partial charge < -0.3 is 15.1 Å². The number of likely N-dealkylation sites (tertiary alicyclic amines) is 1. The molecule has 0 radical (unpaired) electrons. The average molecular weight is 263 g/mol. The summed E-state index contributed by atoms with van der Waals surface area (Å²) < 4.78 is 0. The molecule has 2 heterocycles. The van der Waals surface area contributed by atoms with Crippen molar-refractivity contribution in [1.82, 2.24) is 20.4 Å². The maximum Gasteiger partial charge on any atom is 0.274 e. The van der Waals surface area contributed by atoms with Crippen molar-refractivity contribution >= 4 is 11.7 Å². The SMILES string of the molecule is CN[C@@H]1CCCN(C(=O)c2ccc(N(C)C)nn2)C1. The Morgan fingerprint density at radius 3 is 2.79 bits per heavy atom. The Balaban J connectivity index is 2.06. The summed E-state index contributed by atoms with van der Waals surface area (Å²) in [6.45, 7) is 1.54. The van der Waals surface area contributed by atoms with Crippen LogP contribution in [0.3, 0.4) is 0 Å². The molecule has 1 amide bonds. The second-order valence-corrected chi connectivity index (χ2v) is 5.05. The van der Waals surface area contributed by atoms with Gasteiger partial charge in [-0.15, -0.1) is 10.2 Å². The summed E-state index contributed by atoms with van der Waals surface area (Å²) >= 11 is 0. The highest BCUT2D eigenvalue weighted by molar-refractivity contribution is 5.92. The molecule has 1 aromatic heterocycles. The summed E-state index contributed by atoms with van der Waals surface area (Å²) in [6.07, 6.45) is 2.14. The molecule has 0 unspecified atom stereocenters. The van der Waals surface area contributed by atoms with Gasteiger partial charge in [0.1, 0.15) is 0 Å². The number of carbonyl (C=O) groups is 1. The van der Waals surface area contributed by atoms with E-state index in [1.165, 1.54) is 0 Å². The molecule has 1 aliphatic heterocycles. The van der Waals surface area contributed by atoms with Crippen LogP contribution >= 0.6 is 0 Å². The Kier molecular flexibility index (Phi) is 4.31. The van der Waals surface area contributed by atoms with E-state index in [-0.39, 0.29) is 5.91 Å². The first-order chi connectivity index (χ1) is 9.11. The van der Waals surface area contributed by atoms with E-state index in [0.29, 0.717) is 11.7 Å². The van der Waals surface area contributed by atoms with Gasteiger partial charge in [-0.05, 0) is 32.0 Å². The van der Waals surface area contributed by atoms with Crippen molar-refractivity contribution in [2.24, 2.45) is 0 Å². The molecular weight excluding hydrogens is 242 g/mol. The van der Waals surface area contributed by atoms with Gasteiger partial charge >= 0.3 is 0 Å². The smallest absolute Gasteiger partial charge is 0.274 e. The van der Waals surface area contributed by atoms with Gasteiger partial charge in [0.2, 0.25) is 0 Å². The predicted molar refractivity (Wildman–Crippen MR) is 74.3 cm³/mol. The number of aromatic nitrogens is 2. The van der Waals surface area contributed by atoms with E-state index in [1.807, 2.05) is 37.0 Å². The lowest BCUT2D eigenvalue weighted by atomic mass is 10.1. The minimum atomic E-state index is -0.0299. The maximum absolute atomic E-state index is 12.3. The van der Waals surface area contributed by atoms with Crippen LogP contribution in [0.2, 0.25) is 0 Å². The van der Waals surface area contributed by atoms with Crippen LogP contribution in [0.4, 0.5) is 5.82 Å². The first-order valence-corrected chi connectivity index (χ1v) is 6.59. The second kappa shape index (κ2) is 5.97. The molecule has 1 N–H and O–H groups in total. The molecule has 1 aliphatic rings. The normalized spacial score (nSPS) is 19.3. The third-order valence-corrected chi connectivity index (χ3v) is 3.44. The van der Waals surface area contributed by atoms with E-state index in [2.05, 4.69) is 15.5 Å². The Bertz CT molecular complexity index is 431. The van der Waals surface area contributed by atoms with Crippen molar-refractivity contribution in [2.45, 2.75) is 18.9 Å². The van der Waals surface area contributed by atoms with Crippen LogP contribution in [0.1, 0.15) is 23.3 Å². The van der Waals surface area contributed by atoms with Crippen LogP contribution in [0, 0.1) is 0 Å². The van der Waals surface area contributed by atoms with Crippen LogP contribution in [0.5, 0.6) is 0 Å². The fraction of sp³-hybridized carbons (Fsp3) is 0.615. The number of hydrogen-bond acceptors (Lipinski definition) is 5. The van der Waals surface area contributed by atoms with Crippen molar-refractivity contribution in [3.63, 3.8) is 0 Å². The van der Waals surface area contributed by atoms with Crippen LogP contribution in [-0.2, 0) is 0 Å². The van der Waals surface area contributed by atoms with Crippen molar-refractivity contribution in [3.05, 3.63) is 17.8 Å². The standard InChI is InChI=1S/C13H21N5O/c1-14-10-5-4-8-18(9-10)13(19)11-6-7-12(16-15-11)17(2)3/h6-7,10,14H,4-5,8-9H2,1-3H3/t10-/m1/s1. The van der Waals surface area contributed by atoms with Gasteiger partial charge in [-0.3, -0.25) is 4.79 Å². The average Bonchev–Trinajstić information content (AvgIpc) is 2.46. The van der Waals surface area contributed by atoms with Gasteiger partial charge in [0.15, 0.2) is 11.5 Å². The minimum Gasteiger partial charge on any atom is -0.361 e. The molecule has 6 nitrogen and oxygen atoms in total. The molecule has 1 aromatic rings. The van der Waals surface area contributed by atoms with E-state index in [0.717, 1.165) is 31.7 Å². The summed E-state index contributed by atoms with van der Waals surface area (Å²) in [6, 6.07) is 3.94. The Labute approximate surface area is 113 Å². The molecule has 1 atom stereocenters. The Hall–Kier alpha value is -1.69. The quantitative estimate of drug-likeness (QED) is 0.853. The molecule has 0 saturated carbocycles. The fourth-order valence-electron chi connectivity index (χ4n) is 2.24. The number of hydrogen-bond donors (Lipinski definition) is 1. The van der Waals surface area contributed by atoms with Gasteiger partial charge in [-0.1, -0.05) is 0 Å². The highest BCUT2D eigenvalue weighted by Crippen LogP contribution is 2.13. The number of rotatable bonds is 3. The lowest BCUT2D eigenvalue weighted by Crippen LogP contribution is -2.47. The van der Waals surface area contributed by atoms with Crippen LogP contribution in [0.15, 0.2) is 12.1 Å². The van der Waals surface area contributed by atoms with Crippen molar-refractivity contribution in [3.8, 4) is 0 Å².